The summed E-state index contributed by atoms with van der Waals surface area (Å²) in [5, 5.41) is 2.51. The molecule has 4 rings (SSSR count). The van der Waals surface area contributed by atoms with Gasteiger partial charge in [-0.15, -0.1) is 0 Å². The van der Waals surface area contributed by atoms with Gasteiger partial charge >= 0.3 is 0 Å². The molecule has 1 aromatic carbocycles. The lowest BCUT2D eigenvalue weighted by molar-refractivity contribution is -0.121. The molecule has 2 aromatic heterocycles. The topological polar surface area (TPSA) is 101 Å². The lowest BCUT2D eigenvalue weighted by atomic mass is 10.1. The molecule has 2 amide bonds. The molecule has 1 fully saturated rings. The Morgan fingerprint density at radius 3 is 2.29 bits per heavy atom. The summed E-state index contributed by atoms with van der Waals surface area (Å²) in [4.78, 5) is 55.3. The summed E-state index contributed by atoms with van der Waals surface area (Å²) in [6.45, 7) is 5.23. The van der Waals surface area contributed by atoms with E-state index in [9.17, 15) is 32.3 Å². The zero-order chi connectivity index (χ0) is 25.6. The molecule has 1 N–H and O–H groups in total. The molecule has 1 saturated heterocycles. The van der Waals surface area contributed by atoms with Crippen LogP contribution in [0, 0.1) is 23.4 Å². The van der Waals surface area contributed by atoms with E-state index in [1.807, 2.05) is 13.8 Å². The third-order valence-electron chi connectivity index (χ3n) is 5.92. The molecule has 11 heteroatoms. The molecule has 1 aliphatic heterocycles. The number of fused-ring (bicyclic) bond motifs is 1. The molecule has 3 aromatic rings. The van der Waals surface area contributed by atoms with Crippen molar-refractivity contribution in [3.05, 3.63) is 63.7 Å². The molecule has 0 spiro atoms. The maximum atomic E-state index is 14.8. The molecule has 35 heavy (non-hydrogen) atoms. The molecule has 1 aliphatic rings. The zero-order valence-electron chi connectivity index (χ0n) is 19.1. The van der Waals surface area contributed by atoms with Crippen molar-refractivity contribution >= 4 is 34.4 Å². The zero-order valence-corrected chi connectivity index (χ0v) is 19.1. The Kier molecular flexibility index (Phi) is 6.18. The summed E-state index contributed by atoms with van der Waals surface area (Å²) in [5.41, 5.74) is -2.21. The lowest BCUT2D eigenvalue weighted by Gasteiger charge is -2.20. The highest BCUT2D eigenvalue weighted by Gasteiger charge is 2.30. The summed E-state index contributed by atoms with van der Waals surface area (Å²) >= 11 is 0. The molecule has 0 aliphatic carbocycles. The fraction of sp³-hybridized carbons (Fsp3) is 0.292. The Morgan fingerprint density at radius 2 is 1.71 bits per heavy atom. The molecular formula is C24H21F3N4O4. The van der Waals surface area contributed by atoms with E-state index >= 15 is 0 Å². The van der Waals surface area contributed by atoms with Gasteiger partial charge in [-0.05, 0) is 25.0 Å². The number of carbonyl (C=O) groups is 3. The first kappa shape index (κ1) is 24.1. The number of hydrogen-bond donors (Lipinski definition) is 1. The molecule has 0 unspecified atom stereocenters. The SMILES string of the molecule is CC(C)[C@@H](C)NC(=O)c1cn(-c2c(F)cc(F)cc2F)c2nc(N3CC(=O)CC3=O)ccc2c1=O. The number of anilines is 1. The molecule has 0 radical (unpaired) electrons. The van der Waals surface area contributed by atoms with Gasteiger partial charge in [-0.2, -0.15) is 0 Å². The fourth-order valence-electron chi connectivity index (χ4n) is 3.68. The lowest BCUT2D eigenvalue weighted by Crippen LogP contribution is -2.38. The van der Waals surface area contributed by atoms with Crippen LogP contribution in [0.2, 0.25) is 0 Å². The van der Waals surface area contributed by atoms with Gasteiger partial charge in [0, 0.05) is 24.4 Å². The van der Waals surface area contributed by atoms with E-state index in [4.69, 9.17) is 0 Å². The number of nitrogens with zero attached hydrogens (tertiary/aromatic N) is 3. The first-order valence-corrected chi connectivity index (χ1v) is 10.8. The van der Waals surface area contributed by atoms with Crippen molar-refractivity contribution in [2.24, 2.45) is 5.92 Å². The number of aromatic nitrogens is 2. The largest absolute Gasteiger partial charge is 0.349 e. The Balaban J connectivity index is 1.99. The second kappa shape index (κ2) is 8.97. The van der Waals surface area contributed by atoms with Crippen LogP contribution in [-0.2, 0) is 9.59 Å². The second-order valence-electron chi connectivity index (χ2n) is 8.70. The predicted molar refractivity (Wildman–Crippen MR) is 121 cm³/mol. The monoisotopic (exact) mass is 486 g/mol. The van der Waals surface area contributed by atoms with E-state index < -0.39 is 45.9 Å². The predicted octanol–water partition coefficient (Wildman–Crippen LogP) is 2.88. The van der Waals surface area contributed by atoms with Gasteiger partial charge in [0.25, 0.3) is 5.91 Å². The van der Waals surface area contributed by atoms with Gasteiger partial charge in [0.2, 0.25) is 11.3 Å². The van der Waals surface area contributed by atoms with E-state index in [1.165, 1.54) is 12.1 Å². The molecular weight excluding hydrogens is 465 g/mol. The summed E-state index contributed by atoms with van der Waals surface area (Å²) < 4.78 is 44.0. The highest BCUT2D eigenvalue weighted by Crippen LogP contribution is 2.26. The van der Waals surface area contributed by atoms with E-state index in [0.29, 0.717) is 12.1 Å². The number of ketones is 1. The van der Waals surface area contributed by atoms with E-state index in [1.54, 1.807) is 6.92 Å². The Morgan fingerprint density at radius 1 is 1.06 bits per heavy atom. The van der Waals surface area contributed by atoms with Gasteiger partial charge in [-0.3, -0.25) is 28.6 Å². The summed E-state index contributed by atoms with van der Waals surface area (Å²) in [5.74, 6) is -5.35. The van der Waals surface area contributed by atoms with Crippen molar-refractivity contribution < 1.29 is 27.6 Å². The van der Waals surface area contributed by atoms with Gasteiger partial charge in [0.05, 0.1) is 18.4 Å². The van der Waals surface area contributed by atoms with Gasteiger partial charge in [-0.25, -0.2) is 18.2 Å². The third kappa shape index (κ3) is 4.41. The Hall–Kier alpha value is -4.02. The number of halogens is 3. The minimum absolute atomic E-state index is 0.0185. The molecule has 3 heterocycles. The van der Waals surface area contributed by atoms with Crippen LogP contribution in [0.4, 0.5) is 19.0 Å². The standard InChI is InChI=1S/C24H21F3N4O4/c1-11(2)12(3)28-24(35)16-10-31(21-17(26)6-13(25)7-18(21)27)23-15(22(16)34)4-5-19(29-23)30-9-14(32)8-20(30)33/h4-7,10-12H,8-9H2,1-3H3,(H,28,35)/t12-/m1/s1. The van der Waals surface area contributed by atoms with Gasteiger partial charge in [-0.1, -0.05) is 13.8 Å². The first-order valence-electron chi connectivity index (χ1n) is 10.8. The van der Waals surface area contributed by atoms with Crippen LogP contribution < -0.4 is 15.6 Å². The number of benzene rings is 1. The van der Waals surface area contributed by atoms with Crippen LogP contribution in [0.3, 0.4) is 0 Å². The number of nitrogens with one attached hydrogen (secondary N) is 1. The number of amides is 2. The Labute approximate surface area is 197 Å². The minimum Gasteiger partial charge on any atom is -0.349 e. The Bertz CT molecular complexity index is 1430. The summed E-state index contributed by atoms with van der Waals surface area (Å²) in [6, 6.07) is 3.16. The van der Waals surface area contributed by atoms with Crippen LogP contribution in [0.15, 0.2) is 35.3 Å². The maximum absolute atomic E-state index is 14.8. The van der Waals surface area contributed by atoms with Crippen LogP contribution in [0.1, 0.15) is 37.6 Å². The van der Waals surface area contributed by atoms with E-state index in [2.05, 4.69) is 10.3 Å². The number of rotatable bonds is 5. The van der Waals surface area contributed by atoms with Crippen molar-refractivity contribution in [1.29, 1.82) is 0 Å². The number of carbonyl (C=O) groups excluding carboxylic acids is 3. The highest BCUT2D eigenvalue weighted by molar-refractivity contribution is 6.14. The molecule has 0 bridgehead atoms. The fourth-order valence-corrected chi connectivity index (χ4v) is 3.68. The van der Waals surface area contributed by atoms with Gasteiger partial charge in [0.15, 0.2) is 23.1 Å². The van der Waals surface area contributed by atoms with Crippen molar-refractivity contribution in [3.63, 3.8) is 0 Å². The van der Waals surface area contributed by atoms with Crippen LogP contribution in [0.25, 0.3) is 16.7 Å². The highest BCUT2D eigenvalue weighted by atomic mass is 19.1. The minimum atomic E-state index is -1.30. The average Bonchev–Trinajstić information content (AvgIpc) is 3.11. The normalized spacial score (nSPS) is 14.8. The van der Waals surface area contributed by atoms with Crippen molar-refractivity contribution in [3.8, 4) is 5.69 Å². The summed E-state index contributed by atoms with van der Waals surface area (Å²) in [7, 11) is 0. The summed E-state index contributed by atoms with van der Waals surface area (Å²) in [6.07, 6.45) is 0.612. The molecule has 182 valence electrons. The average molecular weight is 486 g/mol. The van der Waals surface area contributed by atoms with Crippen molar-refractivity contribution in [2.75, 3.05) is 11.4 Å². The maximum Gasteiger partial charge on any atom is 0.257 e. The van der Waals surface area contributed by atoms with Crippen molar-refractivity contribution in [2.45, 2.75) is 33.2 Å². The first-order chi connectivity index (χ1) is 16.5. The van der Waals surface area contributed by atoms with Crippen LogP contribution in [0.5, 0.6) is 0 Å². The number of pyridine rings is 2. The quantitative estimate of drug-likeness (QED) is 0.559. The molecule has 8 nitrogen and oxygen atoms in total. The van der Waals surface area contributed by atoms with Gasteiger partial charge < -0.3 is 5.32 Å². The van der Waals surface area contributed by atoms with E-state index in [0.717, 1.165) is 15.7 Å². The number of Topliss-reactive ketones (excluding diaryl/α,β-unsaturated/α-hetero) is 1. The number of hydrogen-bond acceptors (Lipinski definition) is 5. The van der Waals surface area contributed by atoms with Crippen LogP contribution >= 0.6 is 0 Å². The van der Waals surface area contributed by atoms with E-state index in [-0.39, 0.29) is 47.6 Å². The smallest absolute Gasteiger partial charge is 0.257 e. The second-order valence-corrected chi connectivity index (χ2v) is 8.70. The molecule has 0 saturated carbocycles. The van der Waals surface area contributed by atoms with Gasteiger partial charge in [0.1, 0.15) is 22.9 Å². The van der Waals surface area contributed by atoms with Crippen molar-refractivity contribution in [1.82, 2.24) is 14.9 Å². The van der Waals surface area contributed by atoms with Crippen LogP contribution in [-0.4, -0.2) is 39.7 Å². The third-order valence-corrected chi connectivity index (χ3v) is 5.92. The molecule has 1 atom stereocenters.